The Morgan fingerprint density at radius 2 is 1.87 bits per heavy atom. The van der Waals surface area contributed by atoms with Gasteiger partial charge in [0.25, 0.3) is 0 Å². The fourth-order valence-corrected chi connectivity index (χ4v) is 5.69. The normalized spacial score (nSPS) is 19.5. The second kappa shape index (κ2) is 9.45. The molecule has 1 aliphatic heterocycles. The third-order valence-electron chi connectivity index (χ3n) is 5.03. The first-order valence-corrected chi connectivity index (χ1v) is 11.9. The molecule has 1 amide bonds. The number of carbonyl (C=O) groups is 1. The minimum Gasteiger partial charge on any atom is -0.352 e. The summed E-state index contributed by atoms with van der Waals surface area (Å²) in [6.45, 7) is 1.65. The number of sulfone groups is 1. The summed E-state index contributed by atoms with van der Waals surface area (Å²) in [5, 5.41) is 5.59. The van der Waals surface area contributed by atoms with E-state index in [1.165, 1.54) is 19.1 Å². The monoisotopic (exact) mass is 454 g/mol. The molecule has 3 atom stereocenters. The summed E-state index contributed by atoms with van der Waals surface area (Å²) >= 11 is 4.58. The van der Waals surface area contributed by atoms with Gasteiger partial charge in [0.2, 0.25) is 5.91 Å². The summed E-state index contributed by atoms with van der Waals surface area (Å²) in [4.78, 5) is 11.6. The fourth-order valence-electron chi connectivity index (χ4n) is 3.75. The van der Waals surface area contributed by atoms with Crippen LogP contribution in [0.5, 0.6) is 0 Å². The molecular formula is C21H24F2N2O3S2. The van der Waals surface area contributed by atoms with Gasteiger partial charge in [-0.3, -0.25) is 4.79 Å². The molecular weight excluding hydrogens is 430 g/mol. The van der Waals surface area contributed by atoms with Crippen LogP contribution < -0.4 is 10.6 Å². The van der Waals surface area contributed by atoms with E-state index >= 15 is 0 Å². The molecule has 2 aromatic carbocycles. The maximum Gasteiger partial charge on any atom is 0.217 e. The zero-order valence-corrected chi connectivity index (χ0v) is 18.1. The molecule has 0 aliphatic carbocycles. The summed E-state index contributed by atoms with van der Waals surface area (Å²) < 4.78 is 51.6. The minimum atomic E-state index is -3.23. The van der Waals surface area contributed by atoms with E-state index in [9.17, 15) is 22.0 Å². The van der Waals surface area contributed by atoms with Gasteiger partial charge in [0.15, 0.2) is 9.84 Å². The Morgan fingerprint density at radius 1 is 1.20 bits per heavy atom. The summed E-state index contributed by atoms with van der Waals surface area (Å²) in [7, 11) is -3.23. The number of amides is 1. The molecule has 1 heterocycles. The lowest BCUT2D eigenvalue weighted by Crippen LogP contribution is -2.47. The number of benzene rings is 2. The highest BCUT2D eigenvalue weighted by Gasteiger charge is 2.30. The first-order valence-electron chi connectivity index (χ1n) is 9.55. The lowest BCUT2D eigenvalue weighted by atomic mass is 10.00. The topological polar surface area (TPSA) is 75.3 Å². The van der Waals surface area contributed by atoms with Gasteiger partial charge < -0.3 is 10.6 Å². The number of hydrogen-bond acceptors (Lipinski definition) is 5. The van der Waals surface area contributed by atoms with E-state index in [1.807, 2.05) is 18.2 Å². The molecule has 2 aromatic rings. The average molecular weight is 455 g/mol. The van der Waals surface area contributed by atoms with E-state index in [1.54, 1.807) is 6.07 Å². The lowest BCUT2D eigenvalue weighted by molar-refractivity contribution is -0.119. The Balaban J connectivity index is 1.73. The SMILES string of the molecule is CC(=O)N[C@@H](Cc1cc(F)cc(F)c1)C(S)CNC1CS(=O)(=O)Cc2ccccc21. The predicted molar refractivity (Wildman–Crippen MR) is 115 cm³/mol. The Kier molecular flexibility index (Phi) is 7.15. The number of rotatable bonds is 7. The van der Waals surface area contributed by atoms with Gasteiger partial charge >= 0.3 is 0 Å². The van der Waals surface area contributed by atoms with Gasteiger partial charge in [-0.25, -0.2) is 17.2 Å². The van der Waals surface area contributed by atoms with Crippen LogP contribution in [0.2, 0.25) is 0 Å². The van der Waals surface area contributed by atoms with Crippen molar-refractivity contribution in [2.75, 3.05) is 12.3 Å². The van der Waals surface area contributed by atoms with Crippen LogP contribution in [0.15, 0.2) is 42.5 Å². The predicted octanol–water partition coefficient (Wildman–Crippen LogP) is 2.57. The van der Waals surface area contributed by atoms with E-state index in [0.717, 1.165) is 17.2 Å². The van der Waals surface area contributed by atoms with Crippen LogP contribution in [0.4, 0.5) is 8.78 Å². The molecule has 0 saturated carbocycles. The highest BCUT2D eigenvalue weighted by atomic mass is 32.2. The standard InChI is InChI=1S/C21H24F2N2O3S2/c1-13(26)25-19(8-14-6-16(22)9-17(23)7-14)21(29)10-24-20-12-30(27,28)11-15-4-2-3-5-18(15)20/h2-7,9,19-21,24,29H,8,10-12H2,1H3,(H,25,26)/t19-,20?,21?/m0/s1. The second-order valence-electron chi connectivity index (χ2n) is 7.57. The van der Waals surface area contributed by atoms with Gasteiger partial charge in [-0.2, -0.15) is 12.6 Å². The van der Waals surface area contributed by atoms with Crippen molar-refractivity contribution < 1.29 is 22.0 Å². The van der Waals surface area contributed by atoms with Gasteiger partial charge in [0.05, 0.1) is 11.5 Å². The van der Waals surface area contributed by atoms with Crippen LogP contribution in [0.1, 0.15) is 29.7 Å². The molecule has 2 unspecified atom stereocenters. The Morgan fingerprint density at radius 3 is 2.53 bits per heavy atom. The molecule has 3 rings (SSSR count). The minimum absolute atomic E-state index is 0.0192. The number of nitrogens with one attached hydrogen (secondary N) is 2. The van der Waals surface area contributed by atoms with Gasteiger partial charge in [-0.1, -0.05) is 24.3 Å². The summed E-state index contributed by atoms with van der Waals surface area (Å²) in [6, 6.07) is 9.70. The summed E-state index contributed by atoms with van der Waals surface area (Å²) in [6.07, 6.45) is 0.184. The maximum absolute atomic E-state index is 13.5. The Bertz CT molecular complexity index is 1010. The molecule has 0 radical (unpaired) electrons. The van der Waals surface area contributed by atoms with Crippen molar-refractivity contribution in [3.63, 3.8) is 0 Å². The van der Waals surface area contributed by atoms with Gasteiger partial charge in [0.1, 0.15) is 11.6 Å². The third kappa shape index (κ3) is 6.02. The van der Waals surface area contributed by atoms with Crippen molar-refractivity contribution in [1.29, 1.82) is 0 Å². The van der Waals surface area contributed by atoms with E-state index in [-0.39, 0.29) is 29.9 Å². The van der Waals surface area contributed by atoms with Crippen molar-refractivity contribution in [2.24, 2.45) is 0 Å². The molecule has 0 spiro atoms. The second-order valence-corrected chi connectivity index (χ2v) is 10.3. The average Bonchev–Trinajstić information content (AvgIpc) is 2.63. The quantitative estimate of drug-likeness (QED) is 0.562. The van der Waals surface area contributed by atoms with Gasteiger partial charge in [0, 0.05) is 36.9 Å². The van der Waals surface area contributed by atoms with Gasteiger partial charge in [-0.15, -0.1) is 0 Å². The molecule has 0 saturated heterocycles. The molecule has 30 heavy (non-hydrogen) atoms. The zero-order chi connectivity index (χ0) is 21.9. The van der Waals surface area contributed by atoms with Crippen LogP contribution in [0.3, 0.4) is 0 Å². The lowest BCUT2D eigenvalue weighted by Gasteiger charge is -2.30. The number of hydrogen-bond donors (Lipinski definition) is 3. The largest absolute Gasteiger partial charge is 0.352 e. The Labute approximate surface area is 180 Å². The Hall–Kier alpha value is -1.97. The summed E-state index contributed by atoms with van der Waals surface area (Å²) in [5.74, 6) is -1.68. The first kappa shape index (κ1) is 22.7. The van der Waals surface area contributed by atoms with E-state index in [4.69, 9.17) is 0 Å². The van der Waals surface area contributed by atoms with E-state index in [0.29, 0.717) is 12.1 Å². The van der Waals surface area contributed by atoms with Crippen LogP contribution in [-0.4, -0.2) is 37.9 Å². The van der Waals surface area contributed by atoms with E-state index in [2.05, 4.69) is 23.3 Å². The third-order valence-corrected chi connectivity index (χ3v) is 7.17. The highest BCUT2D eigenvalue weighted by Crippen LogP contribution is 2.28. The maximum atomic E-state index is 13.5. The number of thiol groups is 1. The summed E-state index contributed by atoms with van der Waals surface area (Å²) in [5.41, 5.74) is 2.10. The first-order chi connectivity index (χ1) is 14.1. The number of carbonyl (C=O) groups excluding carboxylic acids is 1. The molecule has 9 heteroatoms. The van der Waals surface area contributed by atoms with Crippen molar-refractivity contribution in [1.82, 2.24) is 10.6 Å². The molecule has 162 valence electrons. The molecule has 0 fully saturated rings. The van der Waals surface area contributed by atoms with Crippen molar-refractivity contribution in [3.05, 3.63) is 70.8 Å². The smallest absolute Gasteiger partial charge is 0.217 e. The van der Waals surface area contributed by atoms with Crippen LogP contribution in [0.25, 0.3) is 0 Å². The molecule has 0 aromatic heterocycles. The van der Waals surface area contributed by atoms with E-state index < -0.39 is 32.8 Å². The fraction of sp³-hybridized carbons (Fsp3) is 0.381. The molecule has 2 N–H and O–H groups in total. The number of halogens is 2. The van der Waals surface area contributed by atoms with Crippen molar-refractivity contribution in [2.45, 2.75) is 36.4 Å². The van der Waals surface area contributed by atoms with Crippen LogP contribution in [0, 0.1) is 11.6 Å². The number of fused-ring (bicyclic) bond motifs is 1. The van der Waals surface area contributed by atoms with Crippen LogP contribution in [-0.2, 0) is 26.8 Å². The van der Waals surface area contributed by atoms with Crippen molar-refractivity contribution >= 4 is 28.4 Å². The molecule has 1 aliphatic rings. The van der Waals surface area contributed by atoms with Gasteiger partial charge in [-0.05, 0) is 35.2 Å². The zero-order valence-electron chi connectivity index (χ0n) is 16.4. The molecule has 5 nitrogen and oxygen atoms in total. The highest BCUT2D eigenvalue weighted by molar-refractivity contribution is 7.90. The van der Waals surface area contributed by atoms with Crippen molar-refractivity contribution in [3.8, 4) is 0 Å². The van der Waals surface area contributed by atoms with Crippen LogP contribution >= 0.6 is 12.6 Å². The molecule has 0 bridgehead atoms.